The monoisotopic (exact) mass is 388 g/mol. The van der Waals surface area contributed by atoms with E-state index in [0.717, 1.165) is 41.2 Å². The average Bonchev–Trinajstić information content (AvgIpc) is 3.30. The number of ether oxygens (including phenoxy) is 1. The van der Waals surface area contributed by atoms with Gasteiger partial charge in [0.25, 0.3) is 0 Å². The average molecular weight is 388 g/mol. The normalized spacial score (nSPS) is 21.9. The van der Waals surface area contributed by atoms with Gasteiger partial charge in [0.1, 0.15) is 29.8 Å². The van der Waals surface area contributed by atoms with E-state index in [-0.39, 0.29) is 12.3 Å². The number of nitrogens with two attached hydrogens (primary N) is 2. The maximum Gasteiger partial charge on any atom is 0.147 e. The molecule has 29 heavy (non-hydrogen) atoms. The van der Waals surface area contributed by atoms with E-state index < -0.39 is 0 Å². The molecule has 0 saturated carbocycles. The molecule has 0 bridgehead atoms. The fraction of sp³-hybridized carbons (Fsp3) is 0.318. The number of fused-ring (bicyclic) bond motifs is 2. The molecule has 1 saturated heterocycles. The van der Waals surface area contributed by atoms with Crippen LogP contribution >= 0.6 is 0 Å². The number of pyridine rings is 1. The molecule has 3 unspecified atom stereocenters. The summed E-state index contributed by atoms with van der Waals surface area (Å²) in [6.07, 6.45) is 6.52. The molecular weight excluding hydrogens is 364 g/mol. The molecule has 0 radical (unpaired) electrons. The van der Waals surface area contributed by atoms with Crippen LogP contribution in [0.2, 0.25) is 0 Å². The fourth-order valence-electron chi connectivity index (χ4n) is 4.26. The number of hydrogen-bond donors (Lipinski definition) is 2. The van der Waals surface area contributed by atoms with Crippen LogP contribution in [-0.4, -0.2) is 25.6 Å². The van der Waals surface area contributed by atoms with Crippen LogP contribution in [0.15, 0.2) is 48.9 Å². The first-order chi connectivity index (χ1) is 14.1. The van der Waals surface area contributed by atoms with E-state index in [9.17, 15) is 0 Å². The van der Waals surface area contributed by atoms with Gasteiger partial charge in [0.15, 0.2) is 0 Å². The third-order valence-electron chi connectivity index (χ3n) is 5.89. The molecule has 1 aliphatic heterocycles. The van der Waals surface area contributed by atoms with Crippen LogP contribution in [0.1, 0.15) is 31.6 Å². The summed E-state index contributed by atoms with van der Waals surface area (Å²) in [6, 6.07) is 12.2. The quantitative estimate of drug-likeness (QED) is 0.552. The largest absolute Gasteiger partial charge is 0.384 e. The molecule has 0 spiro atoms. The lowest BCUT2D eigenvalue weighted by molar-refractivity contribution is -0.00489. The lowest BCUT2D eigenvalue weighted by atomic mass is 9.97. The Bertz CT molecular complexity index is 1190. The van der Waals surface area contributed by atoms with Gasteiger partial charge >= 0.3 is 0 Å². The zero-order valence-corrected chi connectivity index (χ0v) is 16.3. The molecule has 4 aromatic rings. The molecule has 3 aromatic heterocycles. The lowest BCUT2D eigenvalue weighted by Crippen LogP contribution is -2.15. The predicted octanol–water partition coefficient (Wildman–Crippen LogP) is 3.70. The first kappa shape index (κ1) is 17.9. The van der Waals surface area contributed by atoms with E-state index in [2.05, 4.69) is 44.6 Å². The zero-order valence-electron chi connectivity index (χ0n) is 16.3. The Kier molecular flexibility index (Phi) is 4.32. The molecule has 148 valence electrons. The van der Waals surface area contributed by atoms with Crippen molar-refractivity contribution in [3.05, 3.63) is 54.5 Å². The molecule has 7 heteroatoms. The molecule has 0 aliphatic carbocycles. The number of aromatic nitrogens is 4. The van der Waals surface area contributed by atoms with E-state index >= 15 is 0 Å². The van der Waals surface area contributed by atoms with Gasteiger partial charge < -0.3 is 20.8 Å². The standard InChI is InChI=1S/C22H24N6O/c1-13-10-20(28-9-8-16-21(24)25-12-26-22(16)28)29-18(13)6-3-14-2-4-15-5-7-19(23)27-17(15)11-14/h2,4-5,7-9,11-13,18,20H,3,6,10H2,1H3,(H2,23,27)(H2,24,25,26). The Morgan fingerprint density at radius 1 is 1.14 bits per heavy atom. The summed E-state index contributed by atoms with van der Waals surface area (Å²) < 4.78 is 8.50. The van der Waals surface area contributed by atoms with Gasteiger partial charge in [-0.1, -0.05) is 19.1 Å². The van der Waals surface area contributed by atoms with Gasteiger partial charge in [-0.2, -0.15) is 0 Å². The van der Waals surface area contributed by atoms with Crippen LogP contribution in [0.5, 0.6) is 0 Å². The number of anilines is 2. The summed E-state index contributed by atoms with van der Waals surface area (Å²) in [6.45, 7) is 2.25. The highest BCUT2D eigenvalue weighted by Gasteiger charge is 2.33. The second-order valence-electron chi connectivity index (χ2n) is 7.86. The molecular formula is C22H24N6O. The van der Waals surface area contributed by atoms with Crippen molar-refractivity contribution in [2.45, 2.75) is 38.5 Å². The predicted molar refractivity (Wildman–Crippen MR) is 114 cm³/mol. The summed E-state index contributed by atoms with van der Waals surface area (Å²) in [5.74, 6) is 1.52. The van der Waals surface area contributed by atoms with Gasteiger partial charge in [0.2, 0.25) is 0 Å². The SMILES string of the molecule is CC1CC(n2ccc3c(N)ncnc32)OC1CCc1ccc2ccc(N)nc2c1. The van der Waals surface area contributed by atoms with Crippen LogP contribution < -0.4 is 11.5 Å². The summed E-state index contributed by atoms with van der Waals surface area (Å²) >= 11 is 0. The van der Waals surface area contributed by atoms with Gasteiger partial charge in [-0.3, -0.25) is 0 Å². The highest BCUT2D eigenvalue weighted by molar-refractivity contribution is 5.86. The number of rotatable bonds is 4. The number of hydrogen-bond acceptors (Lipinski definition) is 6. The summed E-state index contributed by atoms with van der Waals surface area (Å²) in [5, 5.41) is 1.98. The Morgan fingerprint density at radius 2 is 2.00 bits per heavy atom. The summed E-state index contributed by atoms with van der Waals surface area (Å²) in [4.78, 5) is 12.9. The molecule has 4 N–H and O–H groups in total. The second kappa shape index (κ2) is 7.00. The third-order valence-corrected chi connectivity index (χ3v) is 5.89. The van der Waals surface area contributed by atoms with E-state index in [0.29, 0.717) is 17.6 Å². The minimum Gasteiger partial charge on any atom is -0.384 e. The lowest BCUT2D eigenvalue weighted by Gasteiger charge is -2.17. The van der Waals surface area contributed by atoms with Crippen LogP contribution in [0.25, 0.3) is 21.9 Å². The molecule has 3 atom stereocenters. The molecule has 0 amide bonds. The van der Waals surface area contributed by atoms with Gasteiger partial charge in [0.05, 0.1) is 17.0 Å². The van der Waals surface area contributed by atoms with Gasteiger partial charge in [-0.25, -0.2) is 15.0 Å². The maximum atomic E-state index is 6.42. The minimum absolute atomic E-state index is 0.0279. The van der Waals surface area contributed by atoms with E-state index in [1.165, 1.54) is 11.9 Å². The van der Waals surface area contributed by atoms with Crippen LogP contribution in [0.3, 0.4) is 0 Å². The minimum atomic E-state index is -0.0279. The van der Waals surface area contributed by atoms with E-state index in [4.69, 9.17) is 16.2 Å². The van der Waals surface area contributed by atoms with E-state index in [1.54, 1.807) is 0 Å². The van der Waals surface area contributed by atoms with Crippen LogP contribution in [-0.2, 0) is 11.2 Å². The fourth-order valence-corrected chi connectivity index (χ4v) is 4.26. The molecule has 1 aliphatic rings. The smallest absolute Gasteiger partial charge is 0.147 e. The number of nitrogen functional groups attached to an aromatic ring is 2. The van der Waals surface area contributed by atoms with Gasteiger partial charge in [0, 0.05) is 11.6 Å². The van der Waals surface area contributed by atoms with Crippen molar-refractivity contribution in [1.29, 1.82) is 0 Å². The van der Waals surface area contributed by atoms with Crippen molar-refractivity contribution in [2.24, 2.45) is 5.92 Å². The first-order valence-electron chi connectivity index (χ1n) is 9.96. The van der Waals surface area contributed by atoms with Crippen molar-refractivity contribution >= 4 is 33.6 Å². The highest BCUT2D eigenvalue weighted by Crippen LogP contribution is 2.37. The van der Waals surface area contributed by atoms with Crippen molar-refractivity contribution in [3.8, 4) is 0 Å². The van der Waals surface area contributed by atoms with Crippen molar-refractivity contribution in [3.63, 3.8) is 0 Å². The number of benzene rings is 1. The first-order valence-corrected chi connectivity index (χ1v) is 9.96. The third kappa shape index (κ3) is 3.27. The molecule has 5 rings (SSSR count). The number of nitrogens with zero attached hydrogens (tertiary/aromatic N) is 4. The second-order valence-corrected chi connectivity index (χ2v) is 7.86. The highest BCUT2D eigenvalue weighted by atomic mass is 16.5. The molecule has 7 nitrogen and oxygen atoms in total. The van der Waals surface area contributed by atoms with E-state index in [1.807, 2.05) is 24.4 Å². The topological polar surface area (TPSA) is 105 Å². The van der Waals surface area contributed by atoms with Crippen molar-refractivity contribution < 1.29 is 4.74 Å². The number of aryl methyl sites for hydroxylation is 1. The Balaban J connectivity index is 1.30. The molecule has 4 heterocycles. The Morgan fingerprint density at radius 3 is 2.90 bits per heavy atom. The van der Waals surface area contributed by atoms with Crippen LogP contribution in [0.4, 0.5) is 11.6 Å². The zero-order chi connectivity index (χ0) is 20.0. The van der Waals surface area contributed by atoms with Gasteiger partial charge in [-0.05, 0) is 55.0 Å². The van der Waals surface area contributed by atoms with Gasteiger partial charge in [-0.15, -0.1) is 0 Å². The van der Waals surface area contributed by atoms with Crippen LogP contribution in [0, 0.1) is 5.92 Å². The maximum absolute atomic E-state index is 6.42. The summed E-state index contributed by atoms with van der Waals surface area (Å²) in [5.41, 5.74) is 14.8. The van der Waals surface area contributed by atoms with Crippen molar-refractivity contribution in [2.75, 3.05) is 11.5 Å². The summed E-state index contributed by atoms with van der Waals surface area (Å²) in [7, 11) is 0. The van der Waals surface area contributed by atoms with Crippen molar-refractivity contribution in [1.82, 2.24) is 19.5 Å². The Labute approximate surface area is 168 Å². The molecule has 1 aromatic carbocycles. The Hall–Kier alpha value is -3.19. The molecule has 1 fully saturated rings.